The number of aromatic nitrogens is 2. The first-order valence-corrected chi connectivity index (χ1v) is 9.98. The second-order valence-corrected chi connectivity index (χ2v) is 8.00. The topological polar surface area (TPSA) is 92.6 Å². The molecular formula is C16H16N4O3S2. The molecule has 0 radical (unpaired) electrons. The predicted octanol–water partition coefficient (Wildman–Crippen LogP) is 1.97. The van der Waals surface area contributed by atoms with Crippen molar-refractivity contribution in [3.8, 4) is 0 Å². The lowest BCUT2D eigenvalue weighted by Crippen LogP contribution is -2.30. The fraction of sp³-hybridized carbons (Fsp3) is 0.125. The van der Waals surface area contributed by atoms with E-state index in [0.717, 1.165) is 10.4 Å². The molecule has 3 heterocycles. The average Bonchev–Trinajstić information content (AvgIpc) is 3.23. The SMILES string of the molecule is O=C(C=Cc1cccs1)NCCS(=O)(=O)Nc1ccn2nccc2c1. The zero-order valence-corrected chi connectivity index (χ0v) is 14.8. The quantitative estimate of drug-likeness (QED) is 0.617. The molecule has 0 aliphatic carbocycles. The minimum atomic E-state index is -3.56. The maximum atomic E-state index is 12.1. The summed E-state index contributed by atoms with van der Waals surface area (Å²) in [6.07, 6.45) is 6.38. The van der Waals surface area contributed by atoms with E-state index in [2.05, 4.69) is 15.1 Å². The summed E-state index contributed by atoms with van der Waals surface area (Å²) in [5.41, 5.74) is 1.24. The fourth-order valence-electron chi connectivity index (χ4n) is 2.13. The van der Waals surface area contributed by atoms with Crippen molar-refractivity contribution < 1.29 is 13.2 Å². The molecule has 7 nitrogen and oxygen atoms in total. The zero-order valence-electron chi connectivity index (χ0n) is 13.1. The first-order valence-electron chi connectivity index (χ1n) is 7.45. The number of hydrogen-bond acceptors (Lipinski definition) is 5. The Balaban J connectivity index is 1.50. The van der Waals surface area contributed by atoms with E-state index < -0.39 is 10.0 Å². The molecule has 0 aliphatic heterocycles. The van der Waals surface area contributed by atoms with Gasteiger partial charge in [-0.2, -0.15) is 5.10 Å². The van der Waals surface area contributed by atoms with Gasteiger partial charge < -0.3 is 5.32 Å². The number of amides is 1. The number of anilines is 1. The Kier molecular flexibility index (Phi) is 5.15. The van der Waals surface area contributed by atoms with Gasteiger partial charge in [-0.15, -0.1) is 11.3 Å². The molecule has 9 heteroatoms. The van der Waals surface area contributed by atoms with Gasteiger partial charge in [-0.3, -0.25) is 9.52 Å². The Labute approximate surface area is 149 Å². The monoisotopic (exact) mass is 376 g/mol. The van der Waals surface area contributed by atoms with E-state index in [1.165, 1.54) is 17.4 Å². The van der Waals surface area contributed by atoms with Crippen LogP contribution in [-0.2, 0) is 14.8 Å². The predicted molar refractivity (Wildman–Crippen MR) is 99.0 cm³/mol. The molecule has 0 saturated heterocycles. The van der Waals surface area contributed by atoms with Crippen LogP contribution in [0.4, 0.5) is 5.69 Å². The Bertz CT molecular complexity index is 991. The van der Waals surface area contributed by atoms with Crippen molar-refractivity contribution >= 4 is 44.5 Å². The van der Waals surface area contributed by atoms with Crippen LogP contribution in [0, 0.1) is 0 Å². The van der Waals surface area contributed by atoms with Crippen molar-refractivity contribution in [2.24, 2.45) is 0 Å². The molecule has 0 unspecified atom stereocenters. The third-order valence-electron chi connectivity index (χ3n) is 3.29. The van der Waals surface area contributed by atoms with E-state index in [-0.39, 0.29) is 18.2 Å². The number of fused-ring (bicyclic) bond motifs is 1. The minimum Gasteiger partial charge on any atom is -0.351 e. The molecule has 3 rings (SSSR count). The van der Waals surface area contributed by atoms with Gasteiger partial charge in [0.2, 0.25) is 15.9 Å². The molecule has 0 spiro atoms. The maximum absolute atomic E-state index is 12.1. The van der Waals surface area contributed by atoms with Gasteiger partial charge >= 0.3 is 0 Å². The van der Waals surface area contributed by atoms with Gasteiger partial charge in [0.05, 0.1) is 17.0 Å². The van der Waals surface area contributed by atoms with E-state index in [9.17, 15) is 13.2 Å². The Morgan fingerprint density at radius 3 is 3.00 bits per heavy atom. The summed E-state index contributed by atoms with van der Waals surface area (Å²) < 4.78 is 28.3. The highest BCUT2D eigenvalue weighted by molar-refractivity contribution is 7.92. The molecule has 25 heavy (non-hydrogen) atoms. The highest BCUT2D eigenvalue weighted by Crippen LogP contribution is 2.13. The number of sulfonamides is 1. The van der Waals surface area contributed by atoms with Gasteiger partial charge in [0, 0.05) is 29.9 Å². The molecule has 0 fully saturated rings. The molecule has 130 valence electrons. The van der Waals surface area contributed by atoms with Gasteiger partial charge in [-0.1, -0.05) is 6.07 Å². The first-order chi connectivity index (χ1) is 12.0. The number of carbonyl (C=O) groups excluding carboxylic acids is 1. The highest BCUT2D eigenvalue weighted by Gasteiger charge is 2.11. The van der Waals surface area contributed by atoms with Crippen LogP contribution in [0.2, 0.25) is 0 Å². The number of nitrogens with zero attached hydrogens (tertiary/aromatic N) is 2. The summed E-state index contributed by atoms with van der Waals surface area (Å²) in [5.74, 6) is -0.542. The van der Waals surface area contributed by atoms with Gasteiger partial charge in [-0.25, -0.2) is 12.9 Å². The Morgan fingerprint density at radius 2 is 2.20 bits per heavy atom. The highest BCUT2D eigenvalue weighted by atomic mass is 32.2. The molecule has 1 amide bonds. The van der Waals surface area contributed by atoms with Gasteiger partial charge in [0.25, 0.3) is 0 Å². The van der Waals surface area contributed by atoms with Gasteiger partial charge in [0.1, 0.15) is 0 Å². The van der Waals surface area contributed by atoms with Gasteiger partial charge in [0.15, 0.2) is 0 Å². The lowest BCUT2D eigenvalue weighted by atomic mass is 10.4. The number of hydrogen-bond donors (Lipinski definition) is 2. The lowest BCUT2D eigenvalue weighted by molar-refractivity contribution is -0.116. The van der Waals surface area contributed by atoms with E-state index in [0.29, 0.717) is 5.69 Å². The average molecular weight is 376 g/mol. The first kappa shape index (κ1) is 17.2. The Morgan fingerprint density at radius 1 is 1.32 bits per heavy atom. The third kappa shape index (κ3) is 4.91. The van der Waals surface area contributed by atoms with Crippen LogP contribution in [0.3, 0.4) is 0 Å². The van der Waals surface area contributed by atoms with Crippen LogP contribution in [0.1, 0.15) is 4.88 Å². The standard InChI is InChI=1S/C16H16N4O3S2/c21-16(4-3-15-2-1-10-24-15)17-8-11-25(22,23)19-13-6-9-20-14(12-13)5-7-18-20/h1-7,9-10,12,19H,8,11H2,(H,17,21). The van der Waals surface area contributed by atoms with Crippen LogP contribution >= 0.6 is 11.3 Å². The molecule has 3 aromatic heterocycles. The molecule has 2 N–H and O–H groups in total. The van der Waals surface area contributed by atoms with Crippen molar-refractivity contribution in [1.82, 2.24) is 14.9 Å². The summed E-state index contributed by atoms with van der Waals surface area (Å²) in [5, 5.41) is 8.52. The molecule has 0 saturated carbocycles. The zero-order chi connectivity index (χ0) is 17.7. The Hall–Kier alpha value is -2.65. The fourth-order valence-corrected chi connectivity index (χ4v) is 3.70. The van der Waals surface area contributed by atoms with E-state index >= 15 is 0 Å². The third-order valence-corrected chi connectivity index (χ3v) is 5.41. The largest absolute Gasteiger partial charge is 0.351 e. The van der Waals surface area contributed by atoms with Crippen LogP contribution < -0.4 is 10.0 Å². The molecule has 0 atom stereocenters. The summed E-state index contributed by atoms with van der Waals surface area (Å²) in [7, 11) is -3.56. The number of nitrogens with one attached hydrogen (secondary N) is 2. The summed E-state index contributed by atoms with van der Waals surface area (Å²) in [4.78, 5) is 12.6. The second kappa shape index (κ2) is 7.49. The summed E-state index contributed by atoms with van der Waals surface area (Å²) in [6, 6.07) is 8.87. The smallest absolute Gasteiger partial charge is 0.244 e. The lowest BCUT2D eigenvalue weighted by Gasteiger charge is -2.08. The van der Waals surface area contributed by atoms with E-state index in [4.69, 9.17) is 0 Å². The van der Waals surface area contributed by atoms with Gasteiger partial charge in [-0.05, 0) is 35.7 Å². The van der Waals surface area contributed by atoms with Crippen LogP contribution in [0.5, 0.6) is 0 Å². The molecule has 0 aliphatic rings. The van der Waals surface area contributed by atoms with Crippen molar-refractivity contribution in [2.45, 2.75) is 0 Å². The van der Waals surface area contributed by atoms with E-state index in [1.54, 1.807) is 41.2 Å². The van der Waals surface area contributed by atoms with Crippen molar-refractivity contribution in [1.29, 1.82) is 0 Å². The summed E-state index contributed by atoms with van der Waals surface area (Å²) in [6.45, 7) is 0.0257. The maximum Gasteiger partial charge on any atom is 0.244 e. The number of pyridine rings is 1. The molecule has 3 aromatic rings. The van der Waals surface area contributed by atoms with Crippen LogP contribution in [-0.4, -0.2) is 36.2 Å². The number of rotatable bonds is 7. The minimum absolute atomic E-state index is 0.0257. The van der Waals surface area contributed by atoms with Crippen molar-refractivity contribution in [3.05, 3.63) is 59.1 Å². The molecule has 0 aromatic carbocycles. The number of carbonyl (C=O) groups is 1. The van der Waals surface area contributed by atoms with Crippen molar-refractivity contribution in [2.75, 3.05) is 17.0 Å². The summed E-state index contributed by atoms with van der Waals surface area (Å²) >= 11 is 1.52. The number of thiophene rings is 1. The molecular weight excluding hydrogens is 360 g/mol. The van der Waals surface area contributed by atoms with Crippen LogP contribution in [0.15, 0.2) is 54.2 Å². The van der Waals surface area contributed by atoms with Crippen molar-refractivity contribution in [3.63, 3.8) is 0 Å². The molecule has 0 bridgehead atoms. The van der Waals surface area contributed by atoms with E-state index in [1.807, 2.05) is 17.5 Å². The van der Waals surface area contributed by atoms with Crippen LogP contribution in [0.25, 0.3) is 11.6 Å². The normalized spacial score (nSPS) is 11.8. The second-order valence-electron chi connectivity index (χ2n) is 5.18.